The predicted octanol–water partition coefficient (Wildman–Crippen LogP) is 1.25. The number of nitrogens with one attached hydrogen (secondary N) is 2. The number of nitrogens with two attached hydrogens (primary N) is 1. The fourth-order valence-electron chi connectivity index (χ4n) is 2.46. The summed E-state index contributed by atoms with van der Waals surface area (Å²) in [7, 11) is -0.371. The zero-order chi connectivity index (χ0) is 19.0. The standard InChI is InChI=1S/C18H24N4O3S/c1-20-18(21-11-10-15-7-3-4-9-17(15)25-2)22-13-14-6-5-8-16(12-14)26(19,23)24/h3-9,12H,10-11,13H2,1-2H3,(H2,19,23,24)(H2,20,21,22). The summed E-state index contributed by atoms with van der Waals surface area (Å²) in [4.78, 5) is 4.26. The van der Waals surface area contributed by atoms with E-state index >= 15 is 0 Å². The van der Waals surface area contributed by atoms with E-state index in [-0.39, 0.29) is 4.90 Å². The van der Waals surface area contributed by atoms with E-state index in [0.29, 0.717) is 19.0 Å². The highest BCUT2D eigenvalue weighted by Gasteiger charge is 2.08. The molecule has 0 aromatic heterocycles. The minimum atomic E-state index is -3.71. The molecule has 140 valence electrons. The highest BCUT2D eigenvalue weighted by molar-refractivity contribution is 7.89. The largest absolute Gasteiger partial charge is 0.496 e. The van der Waals surface area contributed by atoms with Crippen LogP contribution in [0.25, 0.3) is 0 Å². The maximum atomic E-state index is 11.4. The van der Waals surface area contributed by atoms with Gasteiger partial charge in [-0.1, -0.05) is 30.3 Å². The van der Waals surface area contributed by atoms with Gasteiger partial charge < -0.3 is 15.4 Å². The molecule has 0 heterocycles. The number of para-hydroxylation sites is 1. The number of hydrogen-bond acceptors (Lipinski definition) is 4. The van der Waals surface area contributed by atoms with Gasteiger partial charge in [-0.15, -0.1) is 0 Å². The van der Waals surface area contributed by atoms with Gasteiger partial charge in [-0.2, -0.15) is 0 Å². The molecule has 2 rings (SSSR count). The Balaban J connectivity index is 1.88. The molecule has 0 aliphatic heterocycles. The number of methoxy groups -OCH3 is 1. The third-order valence-corrected chi connectivity index (χ3v) is 4.70. The second-order valence-electron chi connectivity index (χ2n) is 5.61. The van der Waals surface area contributed by atoms with Crippen molar-refractivity contribution in [3.05, 3.63) is 59.7 Å². The Labute approximate surface area is 154 Å². The Morgan fingerprint density at radius 1 is 1.15 bits per heavy atom. The lowest BCUT2D eigenvalue weighted by Gasteiger charge is -2.13. The Hall–Kier alpha value is -2.58. The van der Waals surface area contributed by atoms with Crippen LogP contribution in [0.5, 0.6) is 5.75 Å². The Kier molecular flexibility index (Phi) is 6.99. The summed E-state index contributed by atoms with van der Waals surface area (Å²) in [5.74, 6) is 1.48. The van der Waals surface area contributed by atoms with Gasteiger partial charge in [-0.05, 0) is 35.7 Å². The molecule has 2 aromatic rings. The zero-order valence-electron chi connectivity index (χ0n) is 14.9. The van der Waals surface area contributed by atoms with Gasteiger partial charge in [0.15, 0.2) is 5.96 Å². The summed E-state index contributed by atoms with van der Waals surface area (Å²) in [6, 6.07) is 14.4. The number of benzene rings is 2. The molecule has 0 amide bonds. The minimum absolute atomic E-state index is 0.0934. The van der Waals surface area contributed by atoms with Crippen LogP contribution in [-0.2, 0) is 23.0 Å². The van der Waals surface area contributed by atoms with Crippen molar-refractivity contribution < 1.29 is 13.2 Å². The summed E-state index contributed by atoms with van der Waals surface area (Å²) >= 11 is 0. The molecular formula is C18H24N4O3S. The highest BCUT2D eigenvalue weighted by atomic mass is 32.2. The van der Waals surface area contributed by atoms with Gasteiger partial charge in [0.2, 0.25) is 10.0 Å². The first-order valence-electron chi connectivity index (χ1n) is 8.12. The predicted molar refractivity (Wildman–Crippen MR) is 103 cm³/mol. The molecule has 4 N–H and O–H groups in total. The number of sulfonamides is 1. The topological polar surface area (TPSA) is 106 Å². The number of primary sulfonamides is 1. The fourth-order valence-corrected chi connectivity index (χ4v) is 3.05. The summed E-state index contributed by atoms with van der Waals surface area (Å²) in [5, 5.41) is 11.5. The van der Waals surface area contributed by atoms with Crippen LogP contribution in [0, 0.1) is 0 Å². The van der Waals surface area contributed by atoms with Crippen LogP contribution in [-0.4, -0.2) is 35.1 Å². The van der Waals surface area contributed by atoms with E-state index in [4.69, 9.17) is 9.88 Å². The molecule has 0 aliphatic carbocycles. The second kappa shape index (κ2) is 9.21. The molecule has 26 heavy (non-hydrogen) atoms. The van der Waals surface area contributed by atoms with Crippen molar-refractivity contribution >= 4 is 16.0 Å². The van der Waals surface area contributed by atoms with Crippen LogP contribution in [0.1, 0.15) is 11.1 Å². The van der Waals surface area contributed by atoms with Crippen molar-refractivity contribution in [1.29, 1.82) is 0 Å². The normalized spacial score (nSPS) is 11.9. The van der Waals surface area contributed by atoms with E-state index in [0.717, 1.165) is 23.3 Å². The SMILES string of the molecule is CN=C(NCCc1ccccc1OC)NCc1cccc(S(N)(=O)=O)c1. The van der Waals surface area contributed by atoms with E-state index in [1.165, 1.54) is 6.07 Å². The van der Waals surface area contributed by atoms with Crippen molar-refractivity contribution in [2.45, 2.75) is 17.9 Å². The van der Waals surface area contributed by atoms with Crippen molar-refractivity contribution in [2.24, 2.45) is 10.1 Å². The number of aliphatic imine (C=N–C) groups is 1. The van der Waals surface area contributed by atoms with Crippen LogP contribution in [0.15, 0.2) is 58.4 Å². The minimum Gasteiger partial charge on any atom is -0.496 e. The monoisotopic (exact) mass is 376 g/mol. The number of nitrogens with zero attached hydrogens (tertiary/aromatic N) is 1. The molecule has 2 aromatic carbocycles. The van der Waals surface area contributed by atoms with E-state index in [1.54, 1.807) is 26.3 Å². The van der Waals surface area contributed by atoms with Crippen molar-refractivity contribution in [1.82, 2.24) is 10.6 Å². The van der Waals surface area contributed by atoms with Crippen molar-refractivity contribution in [3.63, 3.8) is 0 Å². The zero-order valence-corrected chi connectivity index (χ0v) is 15.7. The molecule has 0 saturated heterocycles. The second-order valence-corrected chi connectivity index (χ2v) is 7.17. The van der Waals surface area contributed by atoms with Gasteiger partial charge in [0.05, 0.1) is 12.0 Å². The molecule has 0 aliphatic rings. The maximum Gasteiger partial charge on any atom is 0.238 e. The average Bonchev–Trinajstić information content (AvgIpc) is 2.64. The van der Waals surface area contributed by atoms with Crippen molar-refractivity contribution in [3.8, 4) is 5.75 Å². The van der Waals surface area contributed by atoms with Gasteiger partial charge in [-0.3, -0.25) is 4.99 Å². The third-order valence-electron chi connectivity index (χ3n) is 3.79. The Morgan fingerprint density at radius 2 is 1.92 bits per heavy atom. The fraction of sp³-hybridized carbons (Fsp3) is 0.278. The lowest BCUT2D eigenvalue weighted by atomic mass is 10.1. The molecule has 7 nitrogen and oxygen atoms in total. The summed E-state index contributed by atoms with van der Waals surface area (Å²) < 4.78 is 28.2. The molecule has 0 unspecified atom stereocenters. The molecule has 0 bridgehead atoms. The molecule has 0 spiro atoms. The Bertz CT molecular complexity index is 866. The first-order chi connectivity index (χ1) is 12.4. The molecular weight excluding hydrogens is 352 g/mol. The number of rotatable bonds is 7. The van der Waals surface area contributed by atoms with E-state index in [1.807, 2.05) is 30.3 Å². The molecule has 0 radical (unpaired) electrons. The third kappa shape index (κ3) is 5.75. The molecule has 0 atom stereocenters. The number of ether oxygens (including phenoxy) is 1. The maximum absolute atomic E-state index is 11.4. The highest BCUT2D eigenvalue weighted by Crippen LogP contribution is 2.17. The van der Waals surface area contributed by atoms with Crippen LogP contribution in [0.2, 0.25) is 0 Å². The lowest BCUT2D eigenvalue weighted by molar-refractivity contribution is 0.409. The van der Waals surface area contributed by atoms with E-state index in [9.17, 15) is 8.42 Å². The first kappa shape index (κ1) is 19.7. The van der Waals surface area contributed by atoms with Crippen LogP contribution < -0.4 is 20.5 Å². The molecule has 8 heteroatoms. The van der Waals surface area contributed by atoms with Crippen LogP contribution in [0.3, 0.4) is 0 Å². The number of hydrogen-bond donors (Lipinski definition) is 3. The average molecular weight is 376 g/mol. The summed E-state index contributed by atoms with van der Waals surface area (Å²) in [6.45, 7) is 1.11. The summed E-state index contributed by atoms with van der Waals surface area (Å²) in [5.41, 5.74) is 1.91. The van der Waals surface area contributed by atoms with E-state index < -0.39 is 10.0 Å². The van der Waals surface area contributed by atoms with Gasteiger partial charge in [-0.25, -0.2) is 13.6 Å². The van der Waals surface area contributed by atoms with Gasteiger partial charge in [0.25, 0.3) is 0 Å². The van der Waals surface area contributed by atoms with Crippen LogP contribution >= 0.6 is 0 Å². The van der Waals surface area contributed by atoms with Gasteiger partial charge in [0.1, 0.15) is 5.75 Å². The van der Waals surface area contributed by atoms with Gasteiger partial charge in [0, 0.05) is 20.1 Å². The molecule has 0 saturated carbocycles. The van der Waals surface area contributed by atoms with Crippen molar-refractivity contribution in [2.75, 3.05) is 20.7 Å². The van der Waals surface area contributed by atoms with E-state index in [2.05, 4.69) is 15.6 Å². The first-order valence-corrected chi connectivity index (χ1v) is 9.67. The summed E-state index contributed by atoms with van der Waals surface area (Å²) in [6.07, 6.45) is 0.783. The van der Waals surface area contributed by atoms with Gasteiger partial charge >= 0.3 is 0 Å². The van der Waals surface area contributed by atoms with Crippen LogP contribution in [0.4, 0.5) is 0 Å². The lowest BCUT2D eigenvalue weighted by Crippen LogP contribution is -2.37. The smallest absolute Gasteiger partial charge is 0.238 e. The number of guanidine groups is 1. The Morgan fingerprint density at radius 3 is 2.62 bits per heavy atom. The quantitative estimate of drug-likeness (QED) is 0.498. The molecule has 0 fully saturated rings.